The maximum atomic E-state index is 11.2. The molecule has 3 aromatic carbocycles. The van der Waals surface area contributed by atoms with Gasteiger partial charge < -0.3 is 18.3 Å². The van der Waals surface area contributed by atoms with Gasteiger partial charge in [-0.05, 0) is 34.4 Å². The van der Waals surface area contributed by atoms with Gasteiger partial charge in [0.05, 0.1) is 21.5 Å². The summed E-state index contributed by atoms with van der Waals surface area (Å²) in [6.07, 6.45) is 0. The van der Waals surface area contributed by atoms with E-state index in [1.807, 2.05) is 0 Å². The molecule has 5 aromatic rings. The fourth-order valence-corrected chi connectivity index (χ4v) is 3.61. The minimum Gasteiger partial charge on any atom is -0.397 e. The minimum absolute atomic E-state index is 0. The summed E-state index contributed by atoms with van der Waals surface area (Å²) >= 11 is 0. The number of benzene rings is 3. The Bertz CT molecular complexity index is 1760. The van der Waals surface area contributed by atoms with Gasteiger partial charge in [0.25, 0.3) is 11.9 Å². The summed E-state index contributed by atoms with van der Waals surface area (Å²) < 4.78 is 17.3. The second-order valence-corrected chi connectivity index (χ2v) is 7.59. The molecule has 0 saturated heterocycles. The van der Waals surface area contributed by atoms with Crippen LogP contribution in [-0.4, -0.2) is 23.9 Å². The van der Waals surface area contributed by atoms with E-state index < -0.39 is 46.4 Å². The van der Waals surface area contributed by atoms with E-state index in [9.17, 15) is 38.4 Å². The number of furan rings is 2. The Morgan fingerprint density at radius 3 is 1.08 bits per heavy atom. The zero-order valence-electron chi connectivity index (χ0n) is 19.1. The molecule has 0 fully saturated rings. The molecule has 0 saturated carbocycles. The van der Waals surface area contributed by atoms with E-state index in [4.69, 9.17) is 0 Å². The number of ether oxygens (including phenoxy) is 2. The van der Waals surface area contributed by atoms with Gasteiger partial charge >= 0.3 is 34.4 Å². The van der Waals surface area contributed by atoms with Crippen LogP contribution in [0.15, 0.2) is 76.5 Å². The molecule has 39 heavy (non-hydrogen) atoms. The maximum Gasteiger partial charge on any atom is 0.346 e. The second-order valence-electron chi connectivity index (χ2n) is 7.59. The molecule has 2 aliphatic heterocycles. The van der Waals surface area contributed by atoms with Crippen molar-refractivity contribution in [3.8, 4) is 0 Å². The number of carbonyl (C=O) groups excluding carboxylic acids is 4. The smallest absolute Gasteiger partial charge is 0.346 e. The van der Waals surface area contributed by atoms with Crippen molar-refractivity contribution in [2.45, 2.75) is 0 Å². The quantitative estimate of drug-likeness (QED) is 0.140. The summed E-state index contributed by atoms with van der Waals surface area (Å²) in [5.41, 5.74) is -2.03. The summed E-state index contributed by atoms with van der Waals surface area (Å²) in [5, 5.41) is -0.0726. The van der Waals surface area contributed by atoms with Crippen LogP contribution in [0.3, 0.4) is 0 Å². The Kier molecular flexibility index (Phi) is 7.43. The fraction of sp³-hybridized carbons (Fsp3) is 0. The van der Waals surface area contributed by atoms with Crippen LogP contribution in [0.5, 0.6) is 0 Å². The largest absolute Gasteiger partial charge is 0.397 e. The first-order valence-corrected chi connectivity index (χ1v) is 10.4. The van der Waals surface area contributed by atoms with Gasteiger partial charge in [-0.3, -0.25) is 9.59 Å². The molecule has 2 aromatic heterocycles. The van der Waals surface area contributed by atoms with Crippen LogP contribution in [0.1, 0.15) is 41.4 Å². The molecule has 1 radical (unpaired) electrons. The average Bonchev–Trinajstić information content (AvgIpc) is 3.57. The van der Waals surface area contributed by atoms with Crippen molar-refractivity contribution >= 4 is 45.4 Å². The van der Waals surface area contributed by atoms with Gasteiger partial charge in [0.2, 0.25) is 0 Å². The molecule has 7 rings (SSSR count). The van der Waals surface area contributed by atoms with Gasteiger partial charge in [-0.1, -0.05) is 0 Å². The van der Waals surface area contributed by atoms with E-state index in [1.54, 1.807) is 12.1 Å². The Hall–Kier alpha value is -4.68. The van der Waals surface area contributed by atoms with Gasteiger partial charge in [0.1, 0.15) is 0 Å². The van der Waals surface area contributed by atoms with Crippen molar-refractivity contribution in [1.29, 1.82) is 0 Å². The number of esters is 4. The van der Waals surface area contributed by atoms with Crippen molar-refractivity contribution in [3.05, 3.63) is 125 Å². The van der Waals surface area contributed by atoms with Crippen molar-refractivity contribution in [2.75, 3.05) is 0 Å². The monoisotopic (exact) mass is 601 g/mol. The van der Waals surface area contributed by atoms with Crippen LogP contribution in [0.2, 0.25) is 0 Å². The van der Waals surface area contributed by atoms with Crippen LogP contribution in [0.4, 0.5) is 0 Å². The molecule has 0 aliphatic carbocycles. The summed E-state index contributed by atoms with van der Waals surface area (Å²) in [6.45, 7) is 0. The maximum absolute atomic E-state index is 11.2. The number of rotatable bonds is 0. The van der Waals surface area contributed by atoms with Crippen LogP contribution >= 0.6 is 0 Å². The molecule has 2 aliphatic rings. The summed E-state index contributed by atoms with van der Waals surface area (Å²) in [7, 11) is 0. The van der Waals surface area contributed by atoms with E-state index in [1.165, 1.54) is 24.3 Å². The Balaban J connectivity index is 0.000000138. The number of hydrogen-bond donors (Lipinski definition) is 0. The number of carbonyl (C=O) groups is 4. The van der Waals surface area contributed by atoms with Gasteiger partial charge in [-0.15, -0.1) is 0 Å². The van der Waals surface area contributed by atoms with Gasteiger partial charge in [0, 0.05) is 32.7 Å². The first-order chi connectivity index (χ1) is 18.2. The predicted molar refractivity (Wildman–Crippen MR) is 123 cm³/mol. The normalized spacial score (nSPS) is 12.9. The van der Waals surface area contributed by atoms with Crippen molar-refractivity contribution in [1.82, 2.24) is 0 Å². The summed E-state index contributed by atoms with van der Waals surface area (Å²) in [6, 6.07) is 16.7. The molecule has 0 spiro atoms. The van der Waals surface area contributed by atoms with E-state index in [-0.39, 0.29) is 54.3 Å². The van der Waals surface area contributed by atoms with Crippen molar-refractivity contribution in [2.24, 2.45) is 0 Å². The fourth-order valence-electron chi connectivity index (χ4n) is 3.61. The first kappa shape index (κ1) is 27.4. The zero-order valence-corrected chi connectivity index (χ0v) is 21.9. The molecule has 0 atom stereocenters. The third kappa shape index (κ3) is 4.94. The molecule has 0 N–H and O–H groups in total. The number of hydrogen-bond acceptors (Lipinski definition) is 12. The Morgan fingerprint density at radius 1 is 0.462 bits per heavy atom. The second kappa shape index (κ2) is 10.6. The van der Waals surface area contributed by atoms with Gasteiger partial charge in [0.15, 0.2) is 0 Å². The summed E-state index contributed by atoms with van der Waals surface area (Å²) in [5.74, 6) is -2.30. The van der Waals surface area contributed by atoms with Crippen LogP contribution in [0, 0.1) is 12.1 Å². The van der Waals surface area contributed by atoms with Gasteiger partial charge in [-0.25, -0.2) is 28.8 Å². The van der Waals surface area contributed by atoms with Crippen LogP contribution in [0.25, 0.3) is 21.5 Å². The standard InChI is InChI=1S/C10H2O6.2C8H3O3.Y/c11-7-3-1-4-6(10(14)16-8(4)12)2-5(3)9(13)15-7;2*9-7-5-3-1-2-4-6(5)8(10)11-7;/h1-2H;2*1,3-4H;/q;2*-1;. The van der Waals surface area contributed by atoms with Gasteiger partial charge in [-0.2, -0.15) is 48.5 Å². The molecule has 0 unspecified atom stereocenters. The van der Waals surface area contributed by atoms with E-state index in [0.717, 1.165) is 12.1 Å². The van der Waals surface area contributed by atoms with Crippen molar-refractivity contribution < 1.29 is 70.2 Å². The molecule has 0 amide bonds. The average molecular weight is 601 g/mol. The zero-order chi connectivity index (χ0) is 27.1. The van der Waals surface area contributed by atoms with Crippen LogP contribution in [-0.2, 0) is 42.2 Å². The first-order valence-electron chi connectivity index (χ1n) is 10.4. The molecule has 13 heteroatoms. The van der Waals surface area contributed by atoms with Crippen LogP contribution < -0.4 is 22.5 Å². The predicted octanol–water partition coefficient (Wildman–Crippen LogP) is 1.09. The Morgan fingerprint density at radius 2 is 0.769 bits per heavy atom. The topological polar surface area (TPSA) is 181 Å². The van der Waals surface area contributed by atoms with E-state index >= 15 is 0 Å². The summed E-state index contributed by atoms with van der Waals surface area (Å²) in [4.78, 5) is 88.0. The molecular weight excluding hydrogens is 593 g/mol. The molecule has 0 bridgehead atoms. The SMILES string of the molecule is O=C1OC(=O)c2cc[c-]cc21.O=C1OC(=O)c2cc[c-]cc21.O=c1oc(=O)c2cc3c(=O)oc(=O)c3cc12.[Y]. The molecule has 4 heterocycles. The van der Waals surface area contributed by atoms with E-state index in [2.05, 4.69) is 30.4 Å². The number of cyclic esters (lactones) is 4. The minimum atomic E-state index is -0.824. The van der Waals surface area contributed by atoms with Crippen molar-refractivity contribution in [3.63, 3.8) is 0 Å². The molecule has 189 valence electrons. The number of fused-ring (bicyclic) bond motifs is 4. The van der Waals surface area contributed by atoms with E-state index in [0.29, 0.717) is 22.3 Å². The molecular formula is C26H8O12Y-2. The third-order valence-corrected chi connectivity index (χ3v) is 5.39. The Labute approximate surface area is 239 Å². The third-order valence-electron chi connectivity index (χ3n) is 5.39. The molecule has 12 nitrogen and oxygen atoms in total.